The quantitative estimate of drug-likeness (QED) is 0.907. The Hall–Kier alpha value is -0.940. The molecule has 0 spiro atoms. The maximum atomic E-state index is 12.3. The maximum absolute atomic E-state index is 12.3. The summed E-state index contributed by atoms with van der Waals surface area (Å²) in [7, 11) is 1.82. The molecule has 2 rings (SSSR count). The fourth-order valence-corrected chi connectivity index (χ4v) is 3.38. The van der Waals surface area contributed by atoms with E-state index in [9.17, 15) is 4.79 Å². The summed E-state index contributed by atoms with van der Waals surface area (Å²) in [5.41, 5.74) is 5.55. The number of carbonyl (C=O) groups is 1. The van der Waals surface area contributed by atoms with Crippen LogP contribution in [-0.4, -0.2) is 28.4 Å². The van der Waals surface area contributed by atoms with Crippen LogP contribution in [0.1, 0.15) is 42.5 Å². The van der Waals surface area contributed by atoms with E-state index < -0.39 is 5.54 Å². The molecule has 0 radical (unpaired) electrons. The SMILES string of the molecule is CCc1cnc(CN(C)C(=O)C2(N)CCCC2)s1. The zero-order valence-corrected chi connectivity index (χ0v) is 11.9. The third-order valence-corrected chi connectivity index (χ3v) is 4.72. The lowest BCUT2D eigenvalue weighted by atomic mass is 9.97. The zero-order chi connectivity index (χ0) is 13.2. The Kier molecular flexibility index (Phi) is 4.02. The highest BCUT2D eigenvalue weighted by Gasteiger charge is 2.38. The largest absolute Gasteiger partial charge is 0.337 e. The maximum Gasteiger partial charge on any atom is 0.242 e. The molecule has 2 N–H and O–H groups in total. The van der Waals surface area contributed by atoms with Gasteiger partial charge >= 0.3 is 0 Å². The van der Waals surface area contributed by atoms with Gasteiger partial charge in [0.15, 0.2) is 0 Å². The van der Waals surface area contributed by atoms with Gasteiger partial charge in [0, 0.05) is 18.1 Å². The highest BCUT2D eigenvalue weighted by Crippen LogP contribution is 2.29. The summed E-state index contributed by atoms with van der Waals surface area (Å²) in [6, 6.07) is 0. The molecule has 1 heterocycles. The fraction of sp³-hybridized carbons (Fsp3) is 0.692. The van der Waals surface area contributed by atoms with Crippen molar-refractivity contribution in [3.8, 4) is 0 Å². The first-order valence-corrected chi connectivity index (χ1v) is 7.35. The molecular weight excluding hydrogens is 246 g/mol. The standard InChI is InChI=1S/C13H21N3OS/c1-3-10-8-15-11(18-10)9-16(2)12(17)13(14)6-4-5-7-13/h8H,3-7,9,14H2,1-2H3. The molecule has 0 bridgehead atoms. The van der Waals surface area contributed by atoms with Gasteiger partial charge in [0.1, 0.15) is 5.01 Å². The van der Waals surface area contributed by atoms with E-state index in [1.165, 1.54) is 4.88 Å². The van der Waals surface area contributed by atoms with E-state index in [1.54, 1.807) is 16.2 Å². The molecule has 1 saturated carbocycles. The highest BCUT2D eigenvalue weighted by molar-refractivity contribution is 7.11. The number of rotatable bonds is 4. The Labute approximate surface area is 112 Å². The number of aromatic nitrogens is 1. The minimum atomic E-state index is -0.625. The van der Waals surface area contributed by atoms with Gasteiger partial charge in [0.2, 0.25) is 5.91 Å². The van der Waals surface area contributed by atoms with Gasteiger partial charge < -0.3 is 10.6 Å². The first-order chi connectivity index (χ1) is 8.55. The Balaban J connectivity index is 1.98. The molecule has 0 aliphatic heterocycles. The van der Waals surface area contributed by atoms with Crippen molar-refractivity contribution in [3.63, 3.8) is 0 Å². The molecule has 1 aromatic heterocycles. The van der Waals surface area contributed by atoms with Gasteiger partial charge in [0.05, 0.1) is 12.1 Å². The molecule has 0 unspecified atom stereocenters. The van der Waals surface area contributed by atoms with Crippen LogP contribution in [0.15, 0.2) is 6.20 Å². The lowest BCUT2D eigenvalue weighted by Crippen LogP contribution is -2.52. The third-order valence-electron chi connectivity index (χ3n) is 3.59. The second kappa shape index (κ2) is 5.36. The lowest BCUT2D eigenvalue weighted by molar-refractivity contribution is -0.136. The van der Waals surface area contributed by atoms with Crippen LogP contribution in [0.3, 0.4) is 0 Å². The summed E-state index contributed by atoms with van der Waals surface area (Å²) in [6.07, 6.45) is 6.64. The van der Waals surface area contributed by atoms with Crippen molar-refractivity contribution in [2.24, 2.45) is 5.73 Å². The molecule has 4 nitrogen and oxygen atoms in total. The van der Waals surface area contributed by atoms with E-state index in [2.05, 4.69) is 11.9 Å². The lowest BCUT2D eigenvalue weighted by Gasteiger charge is -2.28. The first-order valence-electron chi connectivity index (χ1n) is 6.53. The number of hydrogen-bond donors (Lipinski definition) is 1. The minimum Gasteiger partial charge on any atom is -0.337 e. The molecule has 100 valence electrons. The smallest absolute Gasteiger partial charge is 0.242 e. The average molecular weight is 267 g/mol. The van der Waals surface area contributed by atoms with Crippen molar-refractivity contribution < 1.29 is 4.79 Å². The third kappa shape index (κ3) is 2.72. The van der Waals surface area contributed by atoms with Crippen LogP contribution in [0.2, 0.25) is 0 Å². The molecule has 1 amide bonds. The van der Waals surface area contributed by atoms with Crippen LogP contribution >= 0.6 is 11.3 Å². The Morgan fingerprint density at radius 2 is 2.22 bits per heavy atom. The van der Waals surface area contributed by atoms with Gasteiger partial charge in [-0.25, -0.2) is 4.98 Å². The van der Waals surface area contributed by atoms with Crippen LogP contribution in [0.25, 0.3) is 0 Å². The van der Waals surface area contributed by atoms with Crippen molar-refractivity contribution in [2.45, 2.75) is 51.1 Å². The molecule has 1 aliphatic carbocycles. The topological polar surface area (TPSA) is 59.2 Å². The van der Waals surface area contributed by atoms with Gasteiger partial charge in [-0.2, -0.15) is 0 Å². The van der Waals surface area contributed by atoms with Gasteiger partial charge in [0.25, 0.3) is 0 Å². The summed E-state index contributed by atoms with van der Waals surface area (Å²) < 4.78 is 0. The van der Waals surface area contributed by atoms with Gasteiger partial charge in [-0.15, -0.1) is 11.3 Å². The van der Waals surface area contributed by atoms with E-state index in [1.807, 2.05) is 13.2 Å². The van der Waals surface area contributed by atoms with Crippen LogP contribution in [0, 0.1) is 0 Å². The summed E-state index contributed by atoms with van der Waals surface area (Å²) in [5, 5.41) is 0.990. The fourth-order valence-electron chi connectivity index (χ4n) is 2.46. The Morgan fingerprint density at radius 3 is 2.78 bits per heavy atom. The van der Waals surface area contributed by atoms with Crippen LogP contribution < -0.4 is 5.73 Å². The van der Waals surface area contributed by atoms with Gasteiger partial charge in [-0.1, -0.05) is 19.8 Å². The number of nitrogens with zero attached hydrogens (tertiary/aromatic N) is 2. The number of amides is 1. The summed E-state index contributed by atoms with van der Waals surface area (Å²) in [5.74, 6) is 0.0632. The molecule has 0 saturated heterocycles. The van der Waals surface area contributed by atoms with E-state index in [-0.39, 0.29) is 5.91 Å². The Morgan fingerprint density at radius 1 is 1.56 bits per heavy atom. The predicted molar refractivity (Wildman–Crippen MR) is 73.4 cm³/mol. The molecule has 18 heavy (non-hydrogen) atoms. The number of aryl methyl sites for hydroxylation is 1. The van der Waals surface area contributed by atoms with E-state index in [0.717, 1.165) is 37.1 Å². The molecule has 5 heteroatoms. The number of carbonyl (C=O) groups excluding carboxylic acids is 1. The predicted octanol–water partition coefficient (Wildman–Crippen LogP) is 1.94. The van der Waals surface area contributed by atoms with Crippen molar-refractivity contribution in [3.05, 3.63) is 16.1 Å². The summed E-state index contributed by atoms with van der Waals surface area (Å²) >= 11 is 1.67. The normalized spacial score (nSPS) is 17.9. The molecule has 1 fully saturated rings. The molecule has 1 aliphatic rings. The van der Waals surface area contributed by atoms with E-state index in [4.69, 9.17) is 5.73 Å². The molecule has 0 aromatic carbocycles. The highest BCUT2D eigenvalue weighted by atomic mass is 32.1. The van der Waals surface area contributed by atoms with Crippen LogP contribution in [-0.2, 0) is 17.8 Å². The van der Waals surface area contributed by atoms with E-state index >= 15 is 0 Å². The van der Waals surface area contributed by atoms with Crippen LogP contribution in [0.4, 0.5) is 0 Å². The van der Waals surface area contributed by atoms with Gasteiger partial charge in [-0.3, -0.25) is 4.79 Å². The van der Waals surface area contributed by atoms with Gasteiger partial charge in [-0.05, 0) is 19.3 Å². The number of nitrogens with two attached hydrogens (primary N) is 1. The number of hydrogen-bond acceptors (Lipinski definition) is 4. The van der Waals surface area contributed by atoms with Crippen molar-refractivity contribution in [1.29, 1.82) is 0 Å². The number of thiazole rings is 1. The minimum absolute atomic E-state index is 0.0632. The first kappa shape index (κ1) is 13.5. The van der Waals surface area contributed by atoms with Crippen molar-refractivity contribution in [1.82, 2.24) is 9.88 Å². The number of likely N-dealkylation sites (N-methyl/N-ethyl adjacent to an activating group) is 1. The Bertz CT molecular complexity index is 424. The second-order valence-corrected chi connectivity index (χ2v) is 6.30. The molecule has 1 aromatic rings. The second-order valence-electron chi connectivity index (χ2n) is 5.10. The van der Waals surface area contributed by atoms with Crippen molar-refractivity contribution in [2.75, 3.05) is 7.05 Å². The summed E-state index contributed by atoms with van der Waals surface area (Å²) in [6.45, 7) is 2.68. The van der Waals surface area contributed by atoms with Crippen LogP contribution in [0.5, 0.6) is 0 Å². The summed E-state index contributed by atoms with van der Waals surface area (Å²) in [4.78, 5) is 19.7. The monoisotopic (exact) mass is 267 g/mol. The van der Waals surface area contributed by atoms with E-state index in [0.29, 0.717) is 6.54 Å². The molecule has 0 atom stereocenters. The molecular formula is C13H21N3OS. The van der Waals surface area contributed by atoms with Crippen molar-refractivity contribution >= 4 is 17.2 Å². The zero-order valence-electron chi connectivity index (χ0n) is 11.1. The average Bonchev–Trinajstić information content (AvgIpc) is 2.98.